The van der Waals surface area contributed by atoms with E-state index >= 15 is 0 Å². The summed E-state index contributed by atoms with van der Waals surface area (Å²) < 4.78 is 74.8. The molecule has 3 atom stereocenters. The SMILES string of the molecule is C[C@]1(c2nc(Br)ccc2F)OC(NC(=O)c2ccccc2)=N[C@H](C(F)(F)F)[C@H]1F. The fourth-order valence-corrected chi connectivity index (χ4v) is 3.09. The lowest BCUT2D eigenvalue weighted by Gasteiger charge is -2.40. The lowest BCUT2D eigenvalue weighted by atomic mass is 9.89. The first-order valence-corrected chi connectivity index (χ1v) is 8.98. The van der Waals surface area contributed by atoms with Crippen LogP contribution in [0.4, 0.5) is 22.0 Å². The molecule has 11 heteroatoms. The highest BCUT2D eigenvalue weighted by Gasteiger charge is 2.59. The minimum atomic E-state index is -5.12. The summed E-state index contributed by atoms with van der Waals surface area (Å²) in [5.41, 5.74) is -3.09. The van der Waals surface area contributed by atoms with Gasteiger partial charge in [-0.15, -0.1) is 0 Å². The summed E-state index contributed by atoms with van der Waals surface area (Å²) in [4.78, 5) is 19.2. The van der Waals surface area contributed by atoms with Gasteiger partial charge in [0, 0.05) is 5.56 Å². The largest absolute Gasteiger partial charge is 0.449 e. The Morgan fingerprint density at radius 2 is 1.86 bits per heavy atom. The summed E-state index contributed by atoms with van der Waals surface area (Å²) >= 11 is 2.97. The predicted molar refractivity (Wildman–Crippen MR) is 96.4 cm³/mol. The third-order valence-corrected chi connectivity index (χ3v) is 4.68. The van der Waals surface area contributed by atoms with Gasteiger partial charge in [0.1, 0.15) is 16.1 Å². The van der Waals surface area contributed by atoms with E-state index in [1.807, 2.05) is 0 Å². The number of aliphatic imine (C=N–C) groups is 1. The normalized spacial score (nSPS) is 24.4. The van der Waals surface area contributed by atoms with Crippen molar-refractivity contribution in [2.75, 3.05) is 0 Å². The number of amidine groups is 1. The number of hydrogen-bond acceptors (Lipinski definition) is 4. The zero-order chi connectivity index (χ0) is 21.4. The van der Waals surface area contributed by atoms with Crippen molar-refractivity contribution in [1.82, 2.24) is 10.3 Å². The van der Waals surface area contributed by atoms with Crippen molar-refractivity contribution >= 4 is 27.9 Å². The molecule has 0 bridgehead atoms. The first-order chi connectivity index (χ1) is 13.5. The molecule has 154 valence electrons. The zero-order valence-corrected chi connectivity index (χ0v) is 16.3. The highest BCUT2D eigenvalue weighted by Crippen LogP contribution is 2.42. The van der Waals surface area contributed by atoms with E-state index in [1.165, 1.54) is 18.2 Å². The van der Waals surface area contributed by atoms with Gasteiger partial charge in [0.25, 0.3) is 11.9 Å². The van der Waals surface area contributed by atoms with Gasteiger partial charge in [-0.25, -0.2) is 18.8 Å². The van der Waals surface area contributed by atoms with E-state index in [9.17, 15) is 26.7 Å². The second-order valence-electron chi connectivity index (χ2n) is 6.32. The van der Waals surface area contributed by atoms with E-state index in [0.717, 1.165) is 13.0 Å². The number of halogens is 6. The molecule has 29 heavy (non-hydrogen) atoms. The molecular weight excluding hydrogens is 465 g/mol. The van der Waals surface area contributed by atoms with Crippen LogP contribution in [-0.2, 0) is 10.3 Å². The third kappa shape index (κ3) is 4.24. The maximum atomic E-state index is 14.9. The van der Waals surface area contributed by atoms with Gasteiger partial charge >= 0.3 is 6.18 Å². The number of nitrogens with zero attached hydrogens (tertiary/aromatic N) is 2. The molecule has 0 aliphatic carbocycles. The molecule has 0 spiro atoms. The Morgan fingerprint density at radius 3 is 2.48 bits per heavy atom. The number of aromatic nitrogens is 1. The molecule has 2 heterocycles. The number of amides is 1. The van der Waals surface area contributed by atoms with Gasteiger partial charge in [0.15, 0.2) is 17.8 Å². The minimum Gasteiger partial charge on any atom is -0.449 e. The Hall–Kier alpha value is -2.56. The predicted octanol–water partition coefficient (Wildman–Crippen LogP) is 4.28. The molecule has 1 aromatic carbocycles. The Balaban J connectivity index is 2.03. The Bertz CT molecular complexity index is 954. The standard InChI is InChI=1S/C18H13BrF5N3O2/c1-17(13-10(20)7-8-11(19)25-13)12(21)14(18(22,23)24)26-16(29-17)27-15(28)9-5-3-2-4-6-9/h2-8,12,14H,1H3,(H,26,27,28)/t12-,14+,17+/m1/s1. The Labute approximate surface area is 170 Å². The lowest BCUT2D eigenvalue weighted by Crippen LogP contribution is -2.56. The van der Waals surface area contributed by atoms with E-state index in [0.29, 0.717) is 0 Å². The van der Waals surface area contributed by atoms with Crippen molar-refractivity contribution in [2.45, 2.75) is 30.9 Å². The number of benzene rings is 1. The van der Waals surface area contributed by atoms with Gasteiger partial charge in [0.05, 0.1) is 0 Å². The number of pyridine rings is 1. The molecule has 1 aromatic heterocycles. The summed E-state index contributed by atoms with van der Waals surface area (Å²) in [5.74, 6) is -1.90. The molecule has 1 aliphatic rings. The molecule has 0 radical (unpaired) electrons. The number of nitrogens with one attached hydrogen (secondary N) is 1. The van der Waals surface area contributed by atoms with Crippen molar-refractivity contribution in [2.24, 2.45) is 4.99 Å². The molecule has 0 unspecified atom stereocenters. The monoisotopic (exact) mass is 477 g/mol. The highest BCUT2D eigenvalue weighted by atomic mass is 79.9. The van der Waals surface area contributed by atoms with Crippen LogP contribution < -0.4 is 5.32 Å². The van der Waals surface area contributed by atoms with Crippen LogP contribution in [0.1, 0.15) is 23.0 Å². The van der Waals surface area contributed by atoms with Crippen molar-refractivity contribution in [3.05, 3.63) is 64.1 Å². The van der Waals surface area contributed by atoms with Crippen LogP contribution in [-0.4, -0.2) is 35.3 Å². The van der Waals surface area contributed by atoms with Crippen LogP contribution in [0, 0.1) is 5.82 Å². The molecule has 0 fully saturated rings. The van der Waals surface area contributed by atoms with Gasteiger partial charge in [0.2, 0.25) is 0 Å². The van der Waals surface area contributed by atoms with Gasteiger partial charge in [-0.05, 0) is 47.1 Å². The smallest absolute Gasteiger partial charge is 0.413 e. The number of carbonyl (C=O) groups excluding carboxylic acids is 1. The zero-order valence-electron chi connectivity index (χ0n) is 14.7. The average Bonchev–Trinajstić information content (AvgIpc) is 2.66. The Kier molecular flexibility index (Phi) is 5.61. The molecule has 1 aliphatic heterocycles. The van der Waals surface area contributed by atoms with Crippen molar-refractivity contribution in [3.8, 4) is 0 Å². The maximum Gasteiger partial charge on any atom is 0.413 e. The van der Waals surface area contributed by atoms with Crippen molar-refractivity contribution in [1.29, 1.82) is 0 Å². The van der Waals surface area contributed by atoms with Gasteiger partial charge in [-0.3, -0.25) is 10.1 Å². The molecule has 0 saturated heterocycles. The van der Waals surface area contributed by atoms with E-state index in [-0.39, 0.29) is 10.2 Å². The first-order valence-electron chi connectivity index (χ1n) is 8.19. The number of ether oxygens (including phenoxy) is 1. The van der Waals surface area contributed by atoms with Crippen molar-refractivity contribution < 1.29 is 31.5 Å². The topological polar surface area (TPSA) is 63.6 Å². The molecule has 5 nitrogen and oxygen atoms in total. The molecule has 2 aromatic rings. The van der Waals surface area contributed by atoms with Crippen LogP contribution in [0.2, 0.25) is 0 Å². The fourth-order valence-electron chi connectivity index (χ4n) is 2.78. The summed E-state index contributed by atoms with van der Waals surface area (Å²) in [6, 6.07) is 5.86. The second-order valence-corrected chi connectivity index (χ2v) is 7.13. The minimum absolute atomic E-state index is 0.0619. The first kappa shape index (κ1) is 21.2. The number of carbonyl (C=O) groups is 1. The van der Waals surface area contributed by atoms with E-state index in [1.54, 1.807) is 18.2 Å². The van der Waals surface area contributed by atoms with Gasteiger partial charge in [-0.2, -0.15) is 13.2 Å². The number of alkyl halides is 4. The van der Waals surface area contributed by atoms with Gasteiger partial charge in [-0.1, -0.05) is 18.2 Å². The lowest BCUT2D eigenvalue weighted by molar-refractivity contribution is -0.188. The third-order valence-electron chi connectivity index (χ3n) is 4.24. The molecule has 1 N–H and O–H groups in total. The van der Waals surface area contributed by atoms with Crippen LogP contribution >= 0.6 is 15.9 Å². The quantitative estimate of drug-likeness (QED) is 0.518. The van der Waals surface area contributed by atoms with E-state index in [4.69, 9.17) is 4.74 Å². The van der Waals surface area contributed by atoms with Crippen LogP contribution in [0.3, 0.4) is 0 Å². The van der Waals surface area contributed by atoms with Gasteiger partial charge < -0.3 is 4.74 Å². The summed E-state index contributed by atoms with van der Waals surface area (Å²) in [5, 5.41) is 2.08. The highest BCUT2D eigenvalue weighted by molar-refractivity contribution is 9.10. The molecule has 3 rings (SSSR count). The summed E-state index contributed by atoms with van der Waals surface area (Å²) in [6.07, 6.45) is -7.94. The van der Waals surface area contributed by atoms with Crippen LogP contribution in [0.25, 0.3) is 0 Å². The van der Waals surface area contributed by atoms with Crippen LogP contribution in [0.15, 0.2) is 52.1 Å². The maximum absolute atomic E-state index is 14.9. The number of rotatable bonds is 2. The fraction of sp³-hybridized carbons (Fsp3) is 0.278. The molecule has 1 amide bonds. The Morgan fingerprint density at radius 1 is 1.21 bits per heavy atom. The molecular formula is C18H13BrF5N3O2. The van der Waals surface area contributed by atoms with E-state index in [2.05, 4.69) is 31.2 Å². The van der Waals surface area contributed by atoms with E-state index < -0.39 is 47.4 Å². The van der Waals surface area contributed by atoms with Crippen LogP contribution in [0.5, 0.6) is 0 Å². The van der Waals surface area contributed by atoms with Crippen molar-refractivity contribution in [3.63, 3.8) is 0 Å². The average molecular weight is 478 g/mol. The summed E-state index contributed by atoms with van der Waals surface area (Å²) in [6.45, 7) is 0.914. The summed E-state index contributed by atoms with van der Waals surface area (Å²) in [7, 11) is 0. The molecule has 0 saturated carbocycles. The number of hydrogen-bond donors (Lipinski definition) is 1. The second kappa shape index (κ2) is 7.69.